The van der Waals surface area contributed by atoms with Crippen molar-refractivity contribution in [1.82, 2.24) is 55.6 Å². The second-order valence-electron chi connectivity index (χ2n) is 27.2. The third kappa shape index (κ3) is 23.9. The maximum atomic E-state index is 15.2. The van der Waals surface area contributed by atoms with E-state index >= 15 is 14.4 Å². The van der Waals surface area contributed by atoms with Gasteiger partial charge in [0, 0.05) is 55.9 Å². The van der Waals surface area contributed by atoms with Gasteiger partial charge in [0.2, 0.25) is 65.0 Å². The van der Waals surface area contributed by atoms with Crippen LogP contribution in [0.3, 0.4) is 0 Å². The van der Waals surface area contributed by atoms with Crippen molar-refractivity contribution in [2.75, 3.05) is 62.5 Å². The van der Waals surface area contributed by atoms with Crippen molar-refractivity contribution in [3.63, 3.8) is 0 Å². The molecule has 0 aromatic carbocycles. The fraction of sp³-hybridized carbons (Fsp3) is 0.800. The molecule has 0 aromatic heterocycles. The van der Waals surface area contributed by atoms with E-state index in [1.54, 1.807) is 47.6 Å². The van der Waals surface area contributed by atoms with Gasteiger partial charge < -0.3 is 65.8 Å². The quantitative estimate of drug-likeness (QED) is 0.0800. The maximum Gasteiger partial charge on any atom is 0.246 e. The van der Waals surface area contributed by atoms with E-state index in [1.807, 2.05) is 61.5 Å². The second kappa shape index (κ2) is 37.9. The number of unbranched alkanes of at least 4 members (excludes halogenated alkanes) is 1. The lowest BCUT2D eigenvalue weighted by atomic mass is 9.91. The Morgan fingerprint density at radius 2 is 0.955 bits per heavy atom. The molecule has 510 valence electrons. The Morgan fingerprint density at radius 1 is 0.483 bits per heavy atom. The summed E-state index contributed by atoms with van der Waals surface area (Å²) in [4.78, 5) is 169. The van der Waals surface area contributed by atoms with Crippen molar-refractivity contribution in [2.45, 2.75) is 235 Å². The molecule has 24 heteroatoms. The van der Waals surface area contributed by atoms with Crippen molar-refractivity contribution in [2.24, 2.45) is 41.4 Å². The number of rotatable bonds is 19. The minimum absolute atomic E-state index is 0.00434. The Kier molecular flexibility index (Phi) is 34.4. The van der Waals surface area contributed by atoms with Crippen LogP contribution in [0.2, 0.25) is 0 Å². The van der Waals surface area contributed by atoms with Crippen molar-refractivity contribution >= 4 is 65.0 Å². The van der Waals surface area contributed by atoms with Crippen LogP contribution in [0.4, 0.5) is 0 Å². The van der Waals surface area contributed by atoms with Crippen LogP contribution in [0.25, 0.3) is 0 Å². The van der Waals surface area contributed by atoms with Crippen molar-refractivity contribution in [3.8, 4) is 0 Å². The Bertz CT molecular complexity index is 2400. The molecule has 12 atom stereocenters. The predicted octanol–water partition coefficient (Wildman–Crippen LogP) is 3.41. The van der Waals surface area contributed by atoms with E-state index in [-0.39, 0.29) is 68.8 Å². The topological polar surface area (TPSA) is 299 Å². The molecular formula is C65H117N11O13. The number of aliphatic hydroxyl groups excluding tert-OH is 2. The van der Waals surface area contributed by atoms with Crippen LogP contribution in [-0.4, -0.2) is 238 Å². The summed E-state index contributed by atoms with van der Waals surface area (Å²) < 4.78 is 0. The first-order valence-corrected chi connectivity index (χ1v) is 32.2. The van der Waals surface area contributed by atoms with Crippen LogP contribution in [0, 0.1) is 41.4 Å². The maximum absolute atomic E-state index is 15.2. The molecule has 11 amide bonds. The molecule has 1 heterocycles. The summed E-state index contributed by atoms with van der Waals surface area (Å²) in [5.74, 6) is -9.70. The lowest BCUT2D eigenvalue weighted by Gasteiger charge is -2.41. The third-order valence-electron chi connectivity index (χ3n) is 16.9. The standard InChI is InChI=1S/C65H117N11O13/c1-24-46-61(85)70(17)36-51(78)71(18)48(33-38(4)5)58(82)69-52(41(10)11)64(88)72(19)47(31-30-37(2)3)57(81)66-44(15)56(80)67-45(16)60(84)73(20)49(34-39(6)7)62(86)74(21)50(35-40(8)9)63(87)75(22)53(42(12)13)65(89)76(23)54(59(83)68-46)55(79)43(14)29-27-25-26-28-32-77/h25,27,37-50,52-55,77,79H,24,26,28-36H2,1-23H3,(H,66,81)(H,67,80)(H,68,83)(H,69,82)/b27-25+/t43-,44-,45+,46+,47-,48+,49+,50+,52-,53+,54+,55-/m1/s1. The first kappa shape index (κ1) is 80.8. The van der Waals surface area contributed by atoms with Gasteiger partial charge in [-0.25, -0.2) is 0 Å². The number of likely N-dealkylation sites (N-methyl/N-ethyl adjacent to an activating group) is 7. The van der Waals surface area contributed by atoms with Gasteiger partial charge in [-0.2, -0.15) is 0 Å². The van der Waals surface area contributed by atoms with E-state index in [0.717, 1.165) is 9.80 Å². The smallest absolute Gasteiger partial charge is 0.246 e. The van der Waals surface area contributed by atoms with Gasteiger partial charge in [-0.1, -0.05) is 109 Å². The molecule has 24 nitrogen and oxygen atoms in total. The molecule has 0 spiro atoms. The van der Waals surface area contributed by atoms with E-state index in [0.29, 0.717) is 19.3 Å². The average Bonchev–Trinajstić information content (AvgIpc) is 1.18. The highest BCUT2D eigenvalue weighted by Gasteiger charge is 2.45. The highest BCUT2D eigenvalue weighted by molar-refractivity contribution is 5.99. The van der Waals surface area contributed by atoms with E-state index in [9.17, 15) is 48.6 Å². The average molecular weight is 1260 g/mol. The van der Waals surface area contributed by atoms with Gasteiger partial charge >= 0.3 is 0 Å². The summed E-state index contributed by atoms with van der Waals surface area (Å²) in [6.07, 6.45) is 4.51. The van der Waals surface area contributed by atoms with Gasteiger partial charge in [-0.05, 0) is 113 Å². The summed E-state index contributed by atoms with van der Waals surface area (Å²) in [5.41, 5.74) is 0. The molecule has 1 aliphatic rings. The number of hydrogen-bond acceptors (Lipinski definition) is 13. The van der Waals surface area contributed by atoms with E-state index in [1.165, 1.54) is 87.7 Å². The summed E-state index contributed by atoms with van der Waals surface area (Å²) in [6.45, 7) is 27.6. The molecular weight excluding hydrogens is 1140 g/mol. The normalized spacial score (nSPS) is 26.2. The van der Waals surface area contributed by atoms with Crippen LogP contribution >= 0.6 is 0 Å². The minimum Gasteiger partial charge on any atom is -0.396 e. The number of aliphatic hydroxyl groups is 2. The third-order valence-corrected chi connectivity index (χ3v) is 16.9. The monoisotopic (exact) mass is 1260 g/mol. The zero-order valence-corrected chi connectivity index (χ0v) is 58.3. The van der Waals surface area contributed by atoms with Gasteiger partial charge in [-0.15, -0.1) is 0 Å². The molecule has 0 aliphatic carbocycles. The van der Waals surface area contributed by atoms with E-state index < -0.39 is 156 Å². The zero-order valence-electron chi connectivity index (χ0n) is 58.3. The number of allylic oxidation sites excluding steroid dienone is 2. The predicted molar refractivity (Wildman–Crippen MR) is 344 cm³/mol. The van der Waals surface area contributed by atoms with Crippen LogP contribution in [-0.2, 0) is 52.7 Å². The van der Waals surface area contributed by atoms with Gasteiger partial charge in [0.15, 0.2) is 0 Å². The molecule has 1 saturated heterocycles. The van der Waals surface area contributed by atoms with Gasteiger partial charge in [0.05, 0.1) is 12.6 Å². The molecule has 1 rings (SSSR count). The lowest BCUT2D eigenvalue weighted by molar-refractivity contribution is -0.157. The number of amides is 11. The Balaban J connectivity index is 4.36. The van der Waals surface area contributed by atoms with Crippen molar-refractivity contribution in [1.29, 1.82) is 0 Å². The van der Waals surface area contributed by atoms with E-state index in [4.69, 9.17) is 0 Å². The Morgan fingerprint density at radius 3 is 1.44 bits per heavy atom. The second-order valence-corrected chi connectivity index (χ2v) is 27.2. The van der Waals surface area contributed by atoms with Crippen LogP contribution in [0.1, 0.15) is 169 Å². The molecule has 0 radical (unpaired) electrons. The van der Waals surface area contributed by atoms with Crippen molar-refractivity contribution in [3.05, 3.63) is 12.2 Å². The molecule has 0 unspecified atom stereocenters. The summed E-state index contributed by atoms with van der Waals surface area (Å²) >= 11 is 0. The number of nitrogens with one attached hydrogen (secondary N) is 4. The van der Waals surface area contributed by atoms with Crippen LogP contribution < -0.4 is 21.3 Å². The number of nitrogens with zero attached hydrogens (tertiary/aromatic N) is 7. The zero-order chi connectivity index (χ0) is 68.8. The molecule has 1 fully saturated rings. The molecule has 0 saturated carbocycles. The molecule has 6 N–H and O–H groups in total. The number of hydrogen-bond donors (Lipinski definition) is 6. The largest absolute Gasteiger partial charge is 0.396 e. The number of carbonyl (C=O) groups is 11. The molecule has 89 heavy (non-hydrogen) atoms. The summed E-state index contributed by atoms with van der Waals surface area (Å²) in [5, 5.41) is 32.6. The summed E-state index contributed by atoms with van der Waals surface area (Å²) in [6, 6.07) is -12.5. The fourth-order valence-electron chi connectivity index (χ4n) is 11.1. The highest BCUT2D eigenvalue weighted by Crippen LogP contribution is 2.26. The highest BCUT2D eigenvalue weighted by atomic mass is 16.3. The van der Waals surface area contributed by atoms with Gasteiger partial charge in [0.25, 0.3) is 0 Å². The first-order chi connectivity index (χ1) is 41.2. The van der Waals surface area contributed by atoms with Gasteiger partial charge in [-0.3, -0.25) is 52.7 Å². The van der Waals surface area contributed by atoms with E-state index in [2.05, 4.69) is 21.3 Å². The summed E-state index contributed by atoms with van der Waals surface area (Å²) in [7, 11) is 9.89. The SMILES string of the molecule is CC[C@@H]1NC(=O)[C@H]([C@H](O)[C@H](C)C/C=C/CCCO)N(C)C(=O)[C@H](C(C)C)N(C)C(=O)[C@H](CC(C)C)N(C)C(=O)[C@H](CC(C)C)N(C)C(=O)[C@H](C)NC(=O)[C@@H](C)NC(=O)[C@@H](CCC(C)C)N(C)C(=O)[C@@H](C(C)C)NC(=O)[C@H](CC(C)C)N(C)C(=O)CN(C)C1=O. The minimum atomic E-state index is -1.65. The lowest BCUT2D eigenvalue weighted by Crippen LogP contribution is -2.63. The fourth-order valence-corrected chi connectivity index (χ4v) is 11.1. The van der Waals surface area contributed by atoms with Crippen LogP contribution in [0.5, 0.6) is 0 Å². The number of carbonyl (C=O) groups excluding carboxylic acids is 11. The first-order valence-electron chi connectivity index (χ1n) is 32.2. The van der Waals surface area contributed by atoms with Crippen LogP contribution in [0.15, 0.2) is 12.2 Å². The molecule has 0 bridgehead atoms. The molecule has 1 aliphatic heterocycles. The molecule has 0 aromatic rings. The van der Waals surface area contributed by atoms with Crippen molar-refractivity contribution < 1.29 is 63.0 Å². The Hall–Kier alpha value is -6.17. The Labute approximate surface area is 532 Å². The van der Waals surface area contributed by atoms with Gasteiger partial charge in [0.1, 0.15) is 60.4 Å².